The molecule has 0 aromatic rings. The topological polar surface area (TPSA) is 83.6 Å². The Morgan fingerprint density at radius 2 is 1.95 bits per heavy atom. The number of likely N-dealkylation sites (tertiary alicyclic amines) is 1. The van der Waals surface area contributed by atoms with E-state index >= 15 is 0 Å². The summed E-state index contributed by atoms with van der Waals surface area (Å²) in [7, 11) is 0. The number of hydrogen-bond acceptors (Lipinski definition) is 3. The minimum absolute atomic E-state index is 0.0410. The highest BCUT2D eigenvalue weighted by atomic mass is 16.4. The molecule has 4 atom stereocenters. The Bertz CT molecular complexity index is 359. The standard InChI is InChI=1S/C14H24N2O3/c1-2-9-5-11(12(6-9)14(18)19)13(17)16-4-3-10(7-15)8-16/h9-12H,2-8,15H2,1H3,(H,18,19). The van der Waals surface area contributed by atoms with E-state index in [0.29, 0.717) is 31.3 Å². The van der Waals surface area contributed by atoms with Crippen molar-refractivity contribution in [3.8, 4) is 0 Å². The fraction of sp³-hybridized carbons (Fsp3) is 0.857. The molecule has 1 aliphatic carbocycles. The van der Waals surface area contributed by atoms with Gasteiger partial charge in [0.25, 0.3) is 0 Å². The van der Waals surface area contributed by atoms with Gasteiger partial charge in [-0.05, 0) is 37.6 Å². The molecule has 2 fully saturated rings. The van der Waals surface area contributed by atoms with Crippen molar-refractivity contribution in [1.29, 1.82) is 0 Å². The largest absolute Gasteiger partial charge is 0.481 e. The molecular weight excluding hydrogens is 244 g/mol. The molecule has 108 valence electrons. The second-order valence-corrected chi connectivity index (χ2v) is 5.97. The summed E-state index contributed by atoms with van der Waals surface area (Å²) in [6.07, 6.45) is 3.29. The van der Waals surface area contributed by atoms with Crippen LogP contribution in [0.3, 0.4) is 0 Å². The number of carbonyl (C=O) groups is 2. The average molecular weight is 268 g/mol. The normalized spacial score (nSPS) is 34.7. The molecule has 1 saturated heterocycles. The molecule has 1 amide bonds. The van der Waals surface area contributed by atoms with Crippen LogP contribution >= 0.6 is 0 Å². The Balaban J connectivity index is 2.03. The molecule has 2 rings (SSSR count). The third-order valence-electron chi connectivity index (χ3n) is 4.80. The quantitative estimate of drug-likeness (QED) is 0.794. The van der Waals surface area contributed by atoms with Crippen LogP contribution in [0.1, 0.15) is 32.6 Å². The van der Waals surface area contributed by atoms with Gasteiger partial charge in [0, 0.05) is 13.1 Å². The fourth-order valence-electron chi connectivity index (χ4n) is 3.48. The van der Waals surface area contributed by atoms with Crippen molar-refractivity contribution in [2.24, 2.45) is 29.4 Å². The van der Waals surface area contributed by atoms with Crippen molar-refractivity contribution in [3.63, 3.8) is 0 Å². The molecule has 1 heterocycles. The minimum Gasteiger partial charge on any atom is -0.481 e. The number of carboxylic acid groups (broad SMARTS) is 1. The van der Waals surface area contributed by atoms with Crippen molar-refractivity contribution in [2.45, 2.75) is 32.6 Å². The van der Waals surface area contributed by atoms with Crippen molar-refractivity contribution < 1.29 is 14.7 Å². The highest BCUT2D eigenvalue weighted by Crippen LogP contribution is 2.40. The third-order valence-corrected chi connectivity index (χ3v) is 4.80. The molecule has 0 spiro atoms. The maximum absolute atomic E-state index is 12.5. The number of carboxylic acids is 1. The molecule has 1 saturated carbocycles. The summed E-state index contributed by atoms with van der Waals surface area (Å²) in [5, 5.41) is 9.30. The van der Waals surface area contributed by atoms with Crippen LogP contribution < -0.4 is 5.73 Å². The highest BCUT2D eigenvalue weighted by molar-refractivity contribution is 5.85. The van der Waals surface area contributed by atoms with E-state index in [1.807, 2.05) is 4.90 Å². The highest BCUT2D eigenvalue weighted by Gasteiger charge is 2.44. The average Bonchev–Trinajstić information content (AvgIpc) is 3.04. The van der Waals surface area contributed by atoms with Gasteiger partial charge in [0.2, 0.25) is 5.91 Å². The van der Waals surface area contributed by atoms with Crippen molar-refractivity contribution in [2.75, 3.05) is 19.6 Å². The van der Waals surface area contributed by atoms with Gasteiger partial charge in [-0.1, -0.05) is 13.3 Å². The molecule has 0 aromatic heterocycles. The fourth-order valence-corrected chi connectivity index (χ4v) is 3.48. The Hall–Kier alpha value is -1.10. The number of hydrogen-bond donors (Lipinski definition) is 2. The molecule has 0 aromatic carbocycles. The molecule has 3 N–H and O–H groups in total. The summed E-state index contributed by atoms with van der Waals surface area (Å²) in [6, 6.07) is 0. The summed E-state index contributed by atoms with van der Waals surface area (Å²) in [5.74, 6) is -0.824. The molecule has 5 nitrogen and oxygen atoms in total. The maximum Gasteiger partial charge on any atom is 0.307 e. The second-order valence-electron chi connectivity index (χ2n) is 5.97. The van der Waals surface area contributed by atoms with Crippen LogP contribution in [0, 0.1) is 23.7 Å². The Morgan fingerprint density at radius 1 is 1.26 bits per heavy atom. The zero-order valence-electron chi connectivity index (χ0n) is 11.5. The van der Waals surface area contributed by atoms with E-state index in [-0.39, 0.29) is 11.8 Å². The number of nitrogens with two attached hydrogens (primary N) is 1. The first-order valence-corrected chi connectivity index (χ1v) is 7.28. The first-order chi connectivity index (χ1) is 9.06. The van der Waals surface area contributed by atoms with E-state index < -0.39 is 11.9 Å². The van der Waals surface area contributed by atoms with Gasteiger partial charge in [-0.25, -0.2) is 0 Å². The molecule has 1 aliphatic heterocycles. The zero-order chi connectivity index (χ0) is 14.0. The van der Waals surface area contributed by atoms with Gasteiger partial charge in [-0.15, -0.1) is 0 Å². The van der Waals surface area contributed by atoms with Crippen LogP contribution in [0.15, 0.2) is 0 Å². The molecule has 2 aliphatic rings. The van der Waals surface area contributed by atoms with Gasteiger partial charge in [-0.2, -0.15) is 0 Å². The zero-order valence-corrected chi connectivity index (χ0v) is 11.5. The van der Waals surface area contributed by atoms with Gasteiger partial charge < -0.3 is 15.7 Å². The van der Waals surface area contributed by atoms with Gasteiger partial charge in [0.15, 0.2) is 0 Å². The molecule has 0 bridgehead atoms. The van der Waals surface area contributed by atoms with E-state index in [9.17, 15) is 14.7 Å². The monoisotopic (exact) mass is 268 g/mol. The summed E-state index contributed by atoms with van der Waals surface area (Å²) in [5.41, 5.74) is 5.64. The van der Waals surface area contributed by atoms with Crippen molar-refractivity contribution >= 4 is 11.9 Å². The Kier molecular flexibility index (Phi) is 4.45. The number of aliphatic carboxylic acids is 1. The van der Waals surface area contributed by atoms with E-state index in [4.69, 9.17) is 5.73 Å². The molecule has 19 heavy (non-hydrogen) atoms. The molecular formula is C14H24N2O3. The summed E-state index contributed by atoms with van der Waals surface area (Å²) >= 11 is 0. The number of amides is 1. The number of rotatable bonds is 4. The maximum atomic E-state index is 12.5. The minimum atomic E-state index is -0.816. The summed E-state index contributed by atoms with van der Waals surface area (Å²) in [4.78, 5) is 25.7. The van der Waals surface area contributed by atoms with Crippen LogP contribution in [0.25, 0.3) is 0 Å². The SMILES string of the molecule is CCC1CC(C(=O)O)C(C(=O)N2CCC(CN)C2)C1. The smallest absolute Gasteiger partial charge is 0.307 e. The molecule has 0 radical (unpaired) electrons. The third kappa shape index (κ3) is 2.91. The predicted molar refractivity (Wildman–Crippen MR) is 71.4 cm³/mol. The first kappa shape index (κ1) is 14.3. The summed E-state index contributed by atoms with van der Waals surface area (Å²) in [6.45, 7) is 4.11. The van der Waals surface area contributed by atoms with Crippen LogP contribution in [-0.4, -0.2) is 41.5 Å². The lowest BCUT2D eigenvalue weighted by molar-refractivity contribution is -0.148. The number of nitrogens with zero attached hydrogens (tertiary/aromatic N) is 1. The Morgan fingerprint density at radius 3 is 2.47 bits per heavy atom. The van der Waals surface area contributed by atoms with Crippen LogP contribution in [0.5, 0.6) is 0 Å². The van der Waals surface area contributed by atoms with Crippen molar-refractivity contribution in [3.05, 3.63) is 0 Å². The lowest BCUT2D eigenvalue weighted by atomic mass is 9.95. The van der Waals surface area contributed by atoms with Gasteiger partial charge in [-0.3, -0.25) is 9.59 Å². The van der Waals surface area contributed by atoms with E-state index in [2.05, 4.69) is 6.92 Å². The van der Waals surface area contributed by atoms with Gasteiger partial charge in [0.1, 0.15) is 0 Å². The van der Waals surface area contributed by atoms with E-state index in [1.165, 1.54) is 0 Å². The Labute approximate surface area is 114 Å². The molecule has 4 unspecified atom stereocenters. The summed E-state index contributed by atoms with van der Waals surface area (Å²) < 4.78 is 0. The van der Waals surface area contributed by atoms with Crippen molar-refractivity contribution in [1.82, 2.24) is 4.90 Å². The predicted octanol–water partition coefficient (Wildman–Crippen LogP) is 0.931. The van der Waals surface area contributed by atoms with Gasteiger partial charge >= 0.3 is 5.97 Å². The lowest BCUT2D eigenvalue weighted by Crippen LogP contribution is -2.38. The lowest BCUT2D eigenvalue weighted by Gasteiger charge is -2.23. The number of carbonyl (C=O) groups excluding carboxylic acids is 1. The molecule has 5 heteroatoms. The van der Waals surface area contributed by atoms with E-state index in [1.54, 1.807) is 0 Å². The first-order valence-electron chi connectivity index (χ1n) is 7.28. The van der Waals surface area contributed by atoms with Gasteiger partial charge in [0.05, 0.1) is 11.8 Å². The second kappa shape index (κ2) is 5.90. The van der Waals surface area contributed by atoms with Crippen LogP contribution in [0.4, 0.5) is 0 Å². The van der Waals surface area contributed by atoms with Crippen LogP contribution in [-0.2, 0) is 9.59 Å². The van der Waals surface area contributed by atoms with E-state index in [0.717, 1.165) is 25.8 Å². The van der Waals surface area contributed by atoms with Crippen LogP contribution in [0.2, 0.25) is 0 Å².